The topological polar surface area (TPSA) is 97.0 Å². The molecule has 27 heavy (non-hydrogen) atoms. The number of amides is 2. The molecule has 8 nitrogen and oxygen atoms in total. The van der Waals surface area contributed by atoms with E-state index in [1.807, 2.05) is 30.3 Å². The zero-order valence-corrected chi connectivity index (χ0v) is 15.4. The van der Waals surface area contributed by atoms with Gasteiger partial charge in [0.05, 0.1) is 19.7 Å². The molecule has 0 saturated carbocycles. The van der Waals surface area contributed by atoms with E-state index in [-0.39, 0.29) is 18.0 Å². The summed E-state index contributed by atoms with van der Waals surface area (Å²) in [4.78, 5) is 36.4. The Morgan fingerprint density at radius 3 is 2.74 bits per heavy atom. The fourth-order valence-corrected chi connectivity index (χ4v) is 3.07. The van der Waals surface area contributed by atoms with Gasteiger partial charge in [0, 0.05) is 19.2 Å². The number of hydrogen-bond donors (Lipinski definition) is 2. The minimum absolute atomic E-state index is 0.159. The zero-order chi connectivity index (χ0) is 19.4. The number of esters is 1. The molecule has 1 aromatic rings. The molecule has 0 aromatic heterocycles. The summed E-state index contributed by atoms with van der Waals surface area (Å²) in [5, 5.41) is 5.76. The maximum atomic E-state index is 12.1. The lowest BCUT2D eigenvalue weighted by Crippen LogP contribution is -2.33. The van der Waals surface area contributed by atoms with Gasteiger partial charge in [-0.3, -0.25) is 19.8 Å². The predicted octanol–water partition coefficient (Wildman–Crippen LogP) is 1.07. The van der Waals surface area contributed by atoms with Crippen LogP contribution in [0.4, 0.5) is 10.5 Å². The third-order valence-electron chi connectivity index (χ3n) is 4.42. The molecule has 1 fully saturated rings. The Morgan fingerprint density at radius 1 is 1.33 bits per heavy atom. The molecule has 2 atom stereocenters. The highest BCUT2D eigenvalue weighted by atomic mass is 16.6. The summed E-state index contributed by atoms with van der Waals surface area (Å²) in [5.74, 6) is -0.442. The van der Waals surface area contributed by atoms with Gasteiger partial charge in [0.1, 0.15) is 12.1 Å². The Morgan fingerprint density at radius 2 is 2.07 bits per heavy atom. The van der Waals surface area contributed by atoms with Gasteiger partial charge in [0.15, 0.2) is 0 Å². The van der Waals surface area contributed by atoms with E-state index in [0.29, 0.717) is 26.2 Å². The van der Waals surface area contributed by atoms with Crippen LogP contribution in [0.3, 0.4) is 0 Å². The van der Waals surface area contributed by atoms with Crippen molar-refractivity contribution in [1.82, 2.24) is 10.6 Å². The van der Waals surface area contributed by atoms with E-state index in [1.165, 1.54) is 6.92 Å². The first-order valence-electron chi connectivity index (χ1n) is 8.91. The van der Waals surface area contributed by atoms with Crippen LogP contribution in [0, 0.1) is 0 Å². The summed E-state index contributed by atoms with van der Waals surface area (Å²) in [6, 6.07) is 7.07. The average molecular weight is 373 g/mol. The molecule has 2 aliphatic heterocycles. The van der Waals surface area contributed by atoms with Crippen LogP contribution in [-0.4, -0.2) is 56.4 Å². The molecule has 2 amide bonds. The SMILES string of the molecule is CCOC(=O)[C@@H]1C=C(c2ccc(N3C[C@H](CNC(C)=O)OC3=O)cc2)CN1. The molecule has 2 aliphatic rings. The third kappa shape index (κ3) is 4.46. The van der Waals surface area contributed by atoms with E-state index in [2.05, 4.69) is 10.6 Å². The number of ether oxygens (including phenoxy) is 2. The van der Waals surface area contributed by atoms with E-state index in [1.54, 1.807) is 11.8 Å². The number of benzene rings is 1. The molecule has 8 heteroatoms. The largest absolute Gasteiger partial charge is 0.465 e. The second kappa shape index (κ2) is 8.22. The van der Waals surface area contributed by atoms with Crippen LogP contribution < -0.4 is 15.5 Å². The molecule has 0 aliphatic carbocycles. The minimum Gasteiger partial charge on any atom is -0.465 e. The third-order valence-corrected chi connectivity index (χ3v) is 4.42. The molecule has 1 aromatic carbocycles. The summed E-state index contributed by atoms with van der Waals surface area (Å²) in [6.07, 6.45) is 1.07. The summed E-state index contributed by atoms with van der Waals surface area (Å²) in [7, 11) is 0. The lowest BCUT2D eigenvalue weighted by molar-refractivity contribution is -0.144. The second-order valence-electron chi connectivity index (χ2n) is 6.40. The number of anilines is 1. The Labute approximate surface area is 157 Å². The van der Waals surface area contributed by atoms with Crippen molar-refractivity contribution in [2.45, 2.75) is 26.0 Å². The van der Waals surface area contributed by atoms with Gasteiger partial charge >= 0.3 is 12.1 Å². The van der Waals surface area contributed by atoms with Gasteiger partial charge < -0.3 is 14.8 Å². The highest BCUT2D eigenvalue weighted by Gasteiger charge is 2.32. The van der Waals surface area contributed by atoms with Crippen molar-refractivity contribution in [3.05, 3.63) is 35.9 Å². The molecule has 144 valence electrons. The van der Waals surface area contributed by atoms with Crippen molar-refractivity contribution in [2.75, 3.05) is 31.1 Å². The maximum absolute atomic E-state index is 12.1. The van der Waals surface area contributed by atoms with Gasteiger partial charge in [0.2, 0.25) is 5.91 Å². The van der Waals surface area contributed by atoms with E-state index >= 15 is 0 Å². The van der Waals surface area contributed by atoms with E-state index in [9.17, 15) is 14.4 Å². The van der Waals surface area contributed by atoms with Gasteiger partial charge in [-0.1, -0.05) is 18.2 Å². The first-order valence-corrected chi connectivity index (χ1v) is 8.91. The maximum Gasteiger partial charge on any atom is 0.414 e. The lowest BCUT2D eigenvalue weighted by atomic mass is 10.1. The molecule has 0 radical (unpaired) electrons. The summed E-state index contributed by atoms with van der Waals surface area (Å²) < 4.78 is 10.3. The molecule has 0 spiro atoms. The summed E-state index contributed by atoms with van der Waals surface area (Å²) >= 11 is 0. The normalized spacial score (nSPS) is 21.6. The van der Waals surface area contributed by atoms with E-state index < -0.39 is 12.1 Å². The molecule has 3 rings (SSSR count). The van der Waals surface area contributed by atoms with Crippen LogP contribution in [0.2, 0.25) is 0 Å². The number of rotatable bonds is 6. The Balaban J connectivity index is 1.64. The average Bonchev–Trinajstić information content (AvgIpc) is 3.27. The van der Waals surface area contributed by atoms with Crippen LogP contribution in [0.1, 0.15) is 19.4 Å². The highest BCUT2D eigenvalue weighted by molar-refractivity contribution is 5.90. The Kier molecular flexibility index (Phi) is 5.75. The van der Waals surface area contributed by atoms with Gasteiger partial charge in [-0.2, -0.15) is 0 Å². The van der Waals surface area contributed by atoms with Gasteiger partial charge in [0.25, 0.3) is 0 Å². The summed E-state index contributed by atoms with van der Waals surface area (Å²) in [6.45, 7) is 4.81. The molecule has 2 N–H and O–H groups in total. The molecule has 0 unspecified atom stereocenters. The number of carbonyl (C=O) groups excluding carboxylic acids is 3. The van der Waals surface area contributed by atoms with Crippen LogP contribution in [0.5, 0.6) is 0 Å². The van der Waals surface area contributed by atoms with Crippen molar-refractivity contribution in [2.24, 2.45) is 0 Å². The lowest BCUT2D eigenvalue weighted by Gasteiger charge is -2.14. The van der Waals surface area contributed by atoms with Crippen LogP contribution in [0.15, 0.2) is 30.3 Å². The smallest absolute Gasteiger partial charge is 0.414 e. The van der Waals surface area contributed by atoms with Crippen molar-refractivity contribution in [3.63, 3.8) is 0 Å². The van der Waals surface area contributed by atoms with Crippen molar-refractivity contribution >= 4 is 29.2 Å². The number of nitrogens with zero attached hydrogens (tertiary/aromatic N) is 1. The zero-order valence-electron chi connectivity index (χ0n) is 15.4. The molecule has 1 saturated heterocycles. The van der Waals surface area contributed by atoms with Crippen LogP contribution in [-0.2, 0) is 19.1 Å². The fourth-order valence-electron chi connectivity index (χ4n) is 3.07. The van der Waals surface area contributed by atoms with Crippen molar-refractivity contribution in [1.29, 1.82) is 0 Å². The van der Waals surface area contributed by atoms with Crippen molar-refractivity contribution < 1.29 is 23.9 Å². The molecule has 0 bridgehead atoms. The number of nitrogens with one attached hydrogen (secondary N) is 2. The first-order chi connectivity index (χ1) is 13.0. The Bertz CT molecular complexity index is 759. The molecular formula is C19H23N3O5. The van der Waals surface area contributed by atoms with Crippen molar-refractivity contribution in [3.8, 4) is 0 Å². The first kappa shape index (κ1) is 18.9. The van der Waals surface area contributed by atoms with Gasteiger partial charge in [-0.15, -0.1) is 0 Å². The van der Waals surface area contributed by atoms with E-state index in [4.69, 9.17) is 9.47 Å². The number of cyclic esters (lactones) is 1. The van der Waals surface area contributed by atoms with Gasteiger partial charge in [-0.25, -0.2) is 4.79 Å². The number of hydrogen-bond acceptors (Lipinski definition) is 6. The second-order valence-corrected chi connectivity index (χ2v) is 6.40. The quantitative estimate of drug-likeness (QED) is 0.724. The van der Waals surface area contributed by atoms with Crippen LogP contribution >= 0.6 is 0 Å². The fraction of sp³-hybridized carbons (Fsp3) is 0.421. The van der Waals surface area contributed by atoms with E-state index in [0.717, 1.165) is 16.8 Å². The van der Waals surface area contributed by atoms with Gasteiger partial charge in [-0.05, 0) is 30.2 Å². The van der Waals surface area contributed by atoms with Crippen LogP contribution in [0.25, 0.3) is 5.57 Å². The monoisotopic (exact) mass is 373 g/mol. The predicted molar refractivity (Wildman–Crippen MR) is 99.1 cm³/mol. The minimum atomic E-state index is -0.428. The Hall–Kier alpha value is -2.87. The molecule has 2 heterocycles. The summed E-state index contributed by atoms with van der Waals surface area (Å²) in [5.41, 5.74) is 2.70. The molecular weight excluding hydrogens is 350 g/mol. The standard InChI is InChI=1S/C19H23N3O5/c1-3-26-18(24)17-8-14(9-21-17)13-4-6-15(7-5-13)22-11-16(27-19(22)25)10-20-12(2)23/h4-8,16-17,21H,3,9-11H2,1-2H3,(H,20,23)/t16-,17-/m0/s1. The highest BCUT2D eigenvalue weighted by Crippen LogP contribution is 2.25. The number of carbonyl (C=O) groups is 3.